The number of carbonyl (C=O) groups excluding carboxylic acids is 1. The first-order valence-corrected chi connectivity index (χ1v) is 7.53. The van der Waals surface area contributed by atoms with E-state index in [1.165, 1.54) is 0 Å². The Morgan fingerprint density at radius 1 is 1.33 bits per heavy atom. The Bertz CT molecular complexity index is 482. The van der Waals surface area contributed by atoms with Crippen LogP contribution in [0.15, 0.2) is 16.7 Å². The van der Waals surface area contributed by atoms with Gasteiger partial charge in [0.15, 0.2) is 0 Å². The van der Waals surface area contributed by atoms with Crippen molar-refractivity contribution >= 4 is 5.91 Å². The molecule has 1 amide bonds. The van der Waals surface area contributed by atoms with Gasteiger partial charge in [0.1, 0.15) is 5.76 Å². The van der Waals surface area contributed by atoms with Crippen LogP contribution in [0.4, 0.5) is 0 Å². The molecule has 21 heavy (non-hydrogen) atoms. The number of amides is 1. The van der Waals surface area contributed by atoms with E-state index in [-0.39, 0.29) is 17.4 Å². The number of piperazine rings is 1. The Morgan fingerprint density at radius 3 is 2.43 bits per heavy atom. The van der Waals surface area contributed by atoms with E-state index < -0.39 is 0 Å². The highest BCUT2D eigenvalue weighted by Gasteiger charge is 2.28. The molecule has 1 aromatic heterocycles. The van der Waals surface area contributed by atoms with Gasteiger partial charge in [-0.25, -0.2) is 0 Å². The van der Waals surface area contributed by atoms with Crippen LogP contribution in [-0.2, 0) is 0 Å². The summed E-state index contributed by atoms with van der Waals surface area (Å²) < 4.78 is 5.20. The van der Waals surface area contributed by atoms with Gasteiger partial charge in [0.25, 0.3) is 5.91 Å². The molecule has 0 aliphatic carbocycles. The molecule has 1 aliphatic rings. The molecule has 1 fully saturated rings. The molecule has 118 valence electrons. The molecule has 0 radical (unpaired) electrons. The first-order chi connectivity index (χ1) is 9.79. The number of β-amino-alcohol motifs (C(OH)–C–C–N with tert-alkyl or cyclic N) is 1. The van der Waals surface area contributed by atoms with Gasteiger partial charge in [-0.15, -0.1) is 0 Å². The quantitative estimate of drug-likeness (QED) is 0.923. The smallest absolute Gasteiger partial charge is 0.257 e. The molecule has 0 aromatic carbocycles. The normalized spacial score (nSPS) is 18.8. The van der Waals surface area contributed by atoms with Gasteiger partial charge in [-0.05, 0) is 18.4 Å². The average Bonchev–Trinajstić information content (AvgIpc) is 2.84. The largest absolute Gasteiger partial charge is 0.469 e. The fourth-order valence-corrected chi connectivity index (χ4v) is 2.43. The maximum Gasteiger partial charge on any atom is 0.257 e. The Morgan fingerprint density at radius 2 is 1.95 bits per heavy atom. The fourth-order valence-electron chi connectivity index (χ4n) is 2.43. The second-order valence-electron chi connectivity index (χ2n) is 6.87. The third-order valence-electron chi connectivity index (χ3n) is 4.18. The summed E-state index contributed by atoms with van der Waals surface area (Å²) >= 11 is 0. The molecule has 0 spiro atoms. The van der Waals surface area contributed by atoms with E-state index in [1.807, 2.05) is 32.6 Å². The topological polar surface area (TPSA) is 56.9 Å². The zero-order valence-corrected chi connectivity index (χ0v) is 13.4. The molecular weight excluding hydrogens is 268 g/mol. The Balaban J connectivity index is 1.86. The van der Waals surface area contributed by atoms with Crippen LogP contribution in [0.25, 0.3) is 0 Å². The van der Waals surface area contributed by atoms with Gasteiger partial charge >= 0.3 is 0 Å². The van der Waals surface area contributed by atoms with Crippen molar-refractivity contribution < 1.29 is 14.3 Å². The number of nitrogens with zero attached hydrogens (tertiary/aromatic N) is 2. The summed E-state index contributed by atoms with van der Waals surface area (Å²) in [6, 6.07) is 1.73. The molecule has 1 N–H and O–H groups in total. The maximum absolute atomic E-state index is 12.4. The lowest BCUT2D eigenvalue weighted by molar-refractivity contribution is 0.0136. The SMILES string of the molecule is Cc1occc1C(=O)N1CCN(C[C@@H](O)C(C)(C)C)CC1. The molecular formula is C16H26N2O3. The second-order valence-corrected chi connectivity index (χ2v) is 6.87. The lowest BCUT2D eigenvalue weighted by atomic mass is 9.89. The van der Waals surface area contributed by atoms with Crippen LogP contribution in [-0.4, -0.2) is 59.6 Å². The third-order valence-corrected chi connectivity index (χ3v) is 4.18. The molecule has 0 bridgehead atoms. The highest BCUT2D eigenvalue weighted by atomic mass is 16.3. The Labute approximate surface area is 126 Å². The van der Waals surface area contributed by atoms with Crippen LogP contribution < -0.4 is 0 Å². The van der Waals surface area contributed by atoms with Crippen molar-refractivity contribution in [3.05, 3.63) is 23.7 Å². The molecule has 2 heterocycles. The van der Waals surface area contributed by atoms with Crippen molar-refractivity contribution in [1.29, 1.82) is 0 Å². The van der Waals surface area contributed by atoms with E-state index in [9.17, 15) is 9.90 Å². The molecule has 1 atom stereocenters. The molecule has 0 saturated carbocycles. The summed E-state index contributed by atoms with van der Waals surface area (Å²) in [6.07, 6.45) is 1.20. The van der Waals surface area contributed by atoms with E-state index in [1.54, 1.807) is 12.3 Å². The first-order valence-electron chi connectivity index (χ1n) is 7.53. The van der Waals surface area contributed by atoms with Gasteiger partial charge in [0, 0.05) is 32.7 Å². The monoisotopic (exact) mass is 294 g/mol. The van der Waals surface area contributed by atoms with E-state index in [2.05, 4.69) is 4.90 Å². The Kier molecular flexibility index (Phi) is 4.74. The summed E-state index contributed by atoms with van der Waals surface area (Å²) in [6.45, 7) is 11.6. The van der Waals surface area contributed by atoms with Gasteiger partial charge in [0.05, 0.1) is 17.9 Å². The highest BCUT2D eigenvalue weighted by Crippen LogP contribution is 2.21. The second kappa shape index (κ2) is 6.20. The number of hydrogen-bond donors (Lipinski definition) is 1. The first kappa shape index (κ1) is 16.0. The number of aliphatic hydroxyl groups is 1. The van der Waals surface area contributed by atoms with Gasteiger partial charge in [-0.1, -0.05) is 20.8 Å². The Hall–Kier alpha value is -1.33. The number of aliphatic hydroxyl groups excluding tert-OH is 1. The zero-order chi connectivity index (χ0) is 15.6. The highest BCUT2D eigenvalue weighted by molar-refractivity contribution is 5.95. The molecule has 1 aliphatic heterocycles. The minimum absolute atomic E-state index is 0.0391. The lowest BCUT2D eigenvalue weighted by Gasteiger charge is -2.37. The summed E-state index contributed by atoms with van der Waals surface area (Å²) in [4.78, 5) is 16.5. The van der Waals surface area contributed by atoms with Gasteiger partial charge < -0.3 is 14.4 Å². The van der Waals surface area contributed by atoms with Crippen molar-refractivity contribution in [2.24, 2.45) is 5.41 Å². The van der Waals surface area contributed by atoms with Crippen LogP contribution in [0, 0.1) is 12.3 Å². The predicted octanol–water partition coefficient (Wildman–Crippen LogP) is 1.75. The van der Waals surface area contributed by atoms with Gasteiger partial charge in [-0.3, -0.25) is 9.69 Å². The average molecular weight is 294 g/mol. The van der Waals surface area contributed by atoms with Crippen molar-refractivity contribution in [3.8, 4) is 0 Å². The number of aryl methyl sites for hydroxylation is 1. The number of rotatable bonds is 3. The third kappa shape index (κ3) is 3.86. The van der Waals surface area contributed by atoms with Crippen molar-refractivity contribution in [3.63, 3.8) is 0 Å². The lowest BCUT2D eigenvalue weighted by Crippen LogP contribution is -2.51. The predicted molar refractivity (Wildman–Crippen MR) is 81.3 cm³/mol. The van der Waals surface area contributed by atoms with E-state index in [0.29, 0.717) is 31.0 Å². The van der Waals surface area contributed by atoms with E-state index in [0.717, 1.165) is 13.1 Å². The van der Waals surface area contributed by atoms with Crippen molar-refractivity contribution in [2.75, 3.05) is 32.7 Å². The minimum atomic E-state index is -0.351. The zero-order valence-electron chi connectivity index (χ0n) is 13.4. The molecule has 2 rings (SSSR count). The van der Waals surface area contributed by atoms with Gasteiger partial charge in [0.2, 0.25) is 0 Å². The minimum Gasteiger partial charge on any atom is -0.469 e. The fraction of sp³-hybridized carbons (Fsp3) is 0.688. The number of furan rings is 1. The maximum atomic E-state index is 12.4. The molecule has 1 aromatic rings. The summed E-state index contributed by atoms with van der Waals surface area (Å²) in [5, 5.41) is 10.2. The number of carbonyl (C=O) groups is 1. The van der Waals surface area contributed by atoms with Gasteiger partial charge in [-0.2, -0.15) is 0 Å². The van der Waals surface area contributed by atoms with Crippen molar-refractivity contribution in [1.82, 2.24) is 9.80 Å². The van der Waals surface area contributed by atoms with Crippen LogP contribution in [0.2, 0.25) is 0 Å². The molecule has 5 nitrogen and oxygen atoms in total. The molecule has 0 unspecified atom stereocenters. The number of hydrogen-bond acceptors (Lipinski definition) is 4. The van der Waals surface area contributed by atoms with Crippen molar-refractivity contribution in [2.45, 2.75) is 33.8 Å². The van der Waals surface area contributed by atoms with Crippen LogP contribution >= 0.6 is 0 Å². The van der Waals surface area contributed by atoms with Crippen LogP contribution in [0.1, 0.15) is 36.9 Å². The van der Waals surface area contributed by atoms with Crippen LogP contribution in [0.5, 0.6) is 0 Å². The summed E-state index contributed by atoms with van der Waals surface area (Å²) in [7, 11) is 0. The summed E-state index contributed by atoms with van der Waals surface area (Å²) in [5.41, 5.74) is 0.541. The standard InChI is InChI=1S/C16H26N2O3/c1-12-13(5-10-21-12)15(20)18-8-6-17(7-9-18)11-14(19)16(2,3)4/h5,10,14,19H,6-9,11H2,1-4H3/t14-/m1/s1. The molecule has 5 heteroatoms. The molecule has 1 saturated heterocycles. The van der Waals surface area contributed by atoms with Crippen LogP contribution in [0.3, 0.4) is 0 Å². The summed E-state index contributed by atoms with van der Waals surface area (Å²) in [5.74, 6) is 0.711. The van der Waals surface area contributed by atoms with E-state index in [4.69, 9.17) is 4.42 Å². The van der Waals surface area contributed by atoms with E-state index >= 15 is 0 Å².